The summed E-state index contributed by atoms with van der Waals surface area (Å²) in [6.45, 7) is 0. The molecule has 112 valence electrons. The van der Waals surface area contributed by atoms with Crippen molar-refractivity contribution in [1.82, 2.24) is 0 Å². The van der Waals surface area contributed by atoms with E-state index >= 15 is 0 Å². The van der Waals surface area contributed by atoms with Crippen LogP contribution in [0, 0.1) is 5.82 Å². The molecule has 0 aliphatic carbocycles. The van der Waals surface area contributed by atoms with Gasteiger partial charge >= 0.3 is 0 Å². The summed E-state index contributed by atoms with van der Waals surface area (Å²) in [5, 5.41) is 0.656. The van der Waals surface area contributed by atoms with Crippen LogP contribution in [0.3, 0.4) is 0 Å². The molecule has 0 fully saturated rings. The van der Waals surface area contributed by atoms with Gasteiger partial charge in [-0.25, -0.2) is 4.39 Å². The molecule has 0 aliphatic heterocycles. The summed E-state index contributed by atoms with van der Waals surface area (Å²) in [7, 11) is 0. The maximum absolute atomic E-state index is 13.5. The average Bonchev–Trinajstić information content (AvgIpc) is 2.49. The molecule has 0 aliphatic rings. The maximum atomic E-state index is 13.5. The van der Waals surface area contributed by atoms with Crippen molar-refractivity contribution in [3.05, 3.63) is 68.9 Å². The summed E-state index contributed by atoms with van der Waals surface area (Å²) in [4.78, 5) is 0. The fraction of sp³-hybridized carbons (Fsp3) is 0.250. The highest BCUT2D eigenvalue weighted by Gasteiger charge is 2.31. The van der Waals surface area contributed by atoms with Gasteiger partial charge in [0, 0.05) is 26.7 Å². The highest BCUT2D eigenvalue weighted by molar-refractivity contribution is 9.10. The van der Waals surface area contributed by atoms with E-state index in [1.807, 2.05) is 24.3 Å². The molecule has 0 unspecified atom stereocenters. The highest BCUT2D eigenvalue weighted by Crippen LogP contribution is 2.34. The Balaban J connectivity index is 2.42. The van der Waals surface area contributed by atoms with E-state index < -0.39 is 5.41 Å². The quantitative estimate of drug-likeness (QED) is 0.515. The van der Waals surface area contributed by atoms with E-state index in [-0.39, 0.29) is 5.82 Å². The van der Waals surface area contributed by atoms with Crippen LogP contribution in [0.25, 0.3) is 0 Å². The van der Waals surface area contributed by atoms with Gasteiger partial charge in [0.2, 0.25) is 0 Å². The Bertz CT molecular complexity index is 609. The van der Waals surface area contributed by atoms with Crippen LogP contribution in [0.4, 0.5) is 4.39 Å². The van der Waals surface area contributed by atoms with Gasteiger partial charge in [0.1, 0.15) is 5.82 Å². The van der Waals surface area contributed by atoms with Gasteiger partial charge < -0.3 is 0 Å². The Kier molecular flexibility index (Phi) is 5.96. The largest absolute Gasteiger partial charge is 0.207 e. The fourth-order valence-corrected chi connectivity index (χ4v) is 3.53. The summed E-state index contributed by atoms with van der Waals surface area (Å²) >= 11 is 21.8. The number of alkyl halides is 2. The van der Waals surface area contributed by atoms with E-state index in [0.717, 1.165) is 15.6 Å². The molecule has 21 heavy (non-hydrogen) atoms. The standard InChI is InChI=1S/C16H13BrCl3F/c17-15-6-5-14(21)7-11(15)8-16(9-18,10-19)12-1-3-13(20)4-2-12/h1-7H,8-10H2. The van der Waals surface area contributed by atoms with E-state index in [1.54, 1.807) is 6.07 Å². The van der Waals surface area contributed by atoms with Crippen LogP contribution in [0.5, 0.6) is 0 Å². The van der Waals surface area contributed by atoms with Gasteiger partial charge in [-0.15, -0.1) is 23.2 Å². The molecule has 0 spiro atoms. The summed E-state index contributed by atoms with van der Waals surface area (Å²) in [5.74, 6) is 0.393. The fourth-order valence-electron chi connectivity index (χ4n) is 2.23. The van der Waals surface area contributed by atoms with Gasteiger partial charge in [-0.1, -0.05) is 39.7 Å². The molecule has 0 radical (unpaired) electrons. The Morgan fingerprint density at radius 3 is 2.19 bits per heavy atom. The molecule has 2 rings (SSSR count). The van der Waals surface area contributed by atoms with Crippen molar-refractivity contribution >= 4 is 50.7 Å². The second kappa shape index (κ2) is 7.32. The average molecular weight is 411 g/mol. The lowest BCUT2D eigenvalue weighted by Gasteiger charge is -2.31. The first-order valence-corrected chi connectivity index (χ1v) is 8.57. The highest BCUT2D eigenvalue weighted by atomic mass is 79.9. The van der Waals surface area contributed by atoms with E-state index in [1.165, 1.54) is 12.1 Å². The minimum absolute atomic E-state index is 0.276. The molecule has 0 saturated heterocycles. The smallest absolute Gasteiger partial charge is 0.123 e. The first-order chi connectivity index (χ1) is 10.0. The summed E-state index contributed by atoms with van der Waals surface area (Å²) < 4.78 is 14.3. The number of hydrogen-bond acceptors (Lipinski definition) is 0. The third-order valence-corrected chi connectivity index (χ3v) is 5.55. The Morgan fingerprint density at radius 2 is 1.62 bits per heavy atom. The number of halogens is 5. The molecule has 0 nitrogen and oxygen atoms in total. The van der Waals surface area contributed by atoms with E-state index in [0.29, 0.717) is 23.2 Å². The molecule has 2 aromatic rings. The lowest BCUT2D eigenvalue weighted by atomic mass is 9.79. The van der Waals surface area contributed by atoms with Crippen molar-refractivity contribution in [3.8, 4) is 0 Å². The predicted octanol–water partition coefficient (Wildman–Crippen LogP) is 6.20. The second-order valence-corrected chi connectivity index (χ2v) is 6.79. The zero-order valence-corrected chi connectivity index (χ0v) is 14.9. The Labute approximate surface area is 147 Å². The first-order valence-electron chi connectivity index (χ1n) is 6.33. The molecule has 0 N–H and O–H groups in total. The third kappa shape index (κ3) is 3.92. The van der Waals surface area contributed by atoms with Gasteiger partial charge in [0.05, 0.1) is 0 Å². The van der Waals surface area contributed by atoms with Crippen LogP contribution in [0.1, 0.15) is 11.1 Å². The van der Waals surface area contributed by atoms with Crippen LogP contribution >= 0.6 is 50.7 Å². The van der Waals surface area contributed by atoms with Gasteiger partial charge in [-0.2, -0.15) is 0 Å². The Hall–Kier alpha value is -0.280. The number of benzene rings is 2. The third-order valence-electron chi connectivity index (χ3n) is 3.50. The normalized spacial score (nSPS) is 11.7. The van der Waals surface area contributed by atoms with Crippen LogP contribution in [-0.2, 0) is 11.8 Å². The van der Waals surface area contributed by atoms with Gasteiger partial charge in [-0.3, -0.25) is 0 Å². The predicted molar refractivity (Wildman–Crippen MR) is 92.4 cm³/mol. The molecule has 0 atom stereocenters. The molecule has 5 heteroatoms. The zero-order valence-electron chi connectivity index (χ0n) is 11.1. The molecule has 0 saturated carbocycles. The summed E-state index contributed by atoms with van der Waals surface area (Å²) in [6.07, 6.45) is 0.542. The zero-order chi connectivity index (χ0) is 15.5. The van der Waals surface area contributed by atoms with Crippen molar-refractivity contribution in [2.75, 3.05) is 11.8 Å². The summed E-state index contributed by atoms with van der Waals surface area (Å²) in [6, 6.07) is 12.1. The van der Waals surface area contributed by atoms with Crippen molar-refractivity contribution in [3.63, 3.8) is 0 Å². The minimum atomic E-state index is -0.468. The molecular formula is C16H13BrCl3F. The van der Waals surface area contributed by atoms with E-state index in [4.69, 9.17) is 34.8 Å². The molecule has 0 aromatic heterocycles. The molecule has 0 heterocycles. The second-order valence-electron chi connectivity index (χ2n) is 4.97. The summed E-state index contributed by atoms with van der Waals surface area (Å²) in [5.41, 5.74) is 1.36. The van der Waals surface area contributed by atoms with E-state index in [2.05, 4.69) is 15.9 Å². The van der Waals surface area contributed by atoms with Crippen LogP contribution in [0.2, 0.25) is 5.02 Å². The minimum Gasteiger partial charge on any atom is -0.207 e. The number of rotatable bonds is 5. The SMILES string of the molecule is Fc1ccc(Br)c(CC(CCl)(CCl)c2ccc(Cl)cc2)c1. The Morgan fingerprint density at radius 1 is 1.00 bits per heavy atom. The topological polar surface area (TPSA) is 0 Å². The molecule has 0 bridgehead atoms. The molecule has 0 amide bonds. The van der Waals surface area contributed by atoms with Gasteiger partial charge in [-0.05, 0) is 47.9 Å². The lowest BCUT2D eigenvalue weighted by Crippen LogP contribution is -2.33. The van der Waals surface area contributed by atoms with Crippen molar-refractivity contribution in [2.45, 2.75) is 11.8 Å². The van der Waals surface area contributed by atoms with E-state index in [9.17, 15) is 4.39 Å². The van der Waals surface area contributed by atoms with Crippen LogP contribution in [0.15, 0.2) is 46.9 Å². The van der Waals surface area contributed by atoms with Gasteiger partial charge in [0.25, 0.3) is 0 Å². The van der Waals surface area contributed by atoms with Crippen molar-refractivity contribution in [2.24, 2.45) is 0 Å². The first kappa shape index (κ1) is 17.1. The number of hydrogen-bond donors (Lipinski definition) is 0. The van der Waals surface area contributed by atoms with Crippen molar-refractivity contribution in [1.29, 1.82) is 0 Å². The molecule has 2 aromatic carbocycles. The molecular weight excluding hydrogens is 397 g/mol. The van der Waals surface area contributed by atoms with Crippen LogP contribution < -0.4 is 0 Å². The van der Waals surface area contributed by atoms with Gasteiger partial charge in [0.15, 0.2) is 0 Å². The lowest BCUT2D eigenvalue weighted by molar-refractivity contribution is 0.531. The van der Waals surface area contributed by atoms with Crippen LogP contribution in [-0.4, -0.2) is 11.8 Å². The maximum Gasteiger partial charge on any atom is 0.123 e. The van der Waals surface area contributed by atoms with Crippen molar-refractivity contribution < 1.29 is 4.39 Å². The monoisotopic (exact) mass is 408 g/mol.